The van der Waals surface area contributed by atoms with Crippen molar-refractivity contribution in [1.29, 1.82) is 0 Å². The average molecular weight is 390 g/mol. The average Bonchev–Trinajstić information content (AvgIpc) is 2.70. The third kappa shape index (κ3) is 5.27. The van der Waals surface area contributed by atoms with Gasteiger partial charge in [0.2, 0.25) is 5.95 Å². The van der Waals surface area contributed by atoms with E-state index >= 15 is 0 Å². The second-order valence-corrected chi connectivity index (χ2v) is 8.80. The summed E-state index contributed by atoms with van der Waals surface area (Å²) < 4.78 is -0.599. The van der Waals surface area contributed by atoms with Crippen LogP contribution in [0.25, 0.3) is 0 Å². The van der Waals surface area contributed by atoms with Gasteiger partial charge in [0.25, 0.3) is 0 Å². The van der Waals surface area contributed by atoms with E-state index in [4.69, 9.17) is 0 Å². The quantitative estimate of drug-likeness (QED) is 0.387. The van der Waals surface area contributed by atoms with Crippen molar-refractivity contribution in [2.45, 2.75) is 52.4 Å². The zero-order chi connectivity index (χ0) is 20.0. The number of unbranched alkanes of at least 4 members (excludes halogenated alkanes) is 1. The van der Waals surface area contributed by atoms with E-state index in [1.807, 2.05) is 6.07 Å². The SMILES string of the molecule is CCCC1(C)CC[N+]([O-])(CCCCN2CCN(c3ncccn3)CC2)C(=O)C1. The number of anilines is 1. The lowest BCUT2D eigenvalue weighted by Gasteiger charge is -2.48. The van der Waals surface area contributed by atoms with Gasteiger partial charge >= 0.3 is 5.91 Å². The van der Waals surface area contributed by atoms with Gasteiger partial charge in [0.1, 0.15) is 0 Å². The van der Waals surface area contributed by atoms with Crippen LogP contribution in [0.1, 0.15) is 52.4 Å². The number of aromatic nitrogens is 2. The van der Waals surface area contributed by atoms with Gasteiger partial charge in [-0.2, -0.15) is 0 Å². The lowest BCUT2D eigenvalue weighted by atomic mass is 9.76. The number of hydroxylamine groups is 3. The van der Waals surface area contributed by atoms with Crippen LogP contribution in [0.4, 0.5) is 5.95 Å². The summed E-state index contributed by atoms with van der Waals surface area (Å²) in [7, 11) is 0. The molecule has 0 aromatic carbocycles. The summed E-state index contributed by atoms with van der Waals surface area (Å²) in [5.41, 5.74) is 0.0418. The molecule has 156 valence electrons. The number of carbonyl (C=O) groups excluding carboxylic acids is 1. The van der Waals surface area contributed by atoms with E-state index in [0.29, 0.717) is 19.5 Å². The maximum Gasteiger partial charge on any atom is 0.314 e. The Morgan fingerprint density at radius 3 is 2.54 bits per heavy atom. The molecule has 2 fully saturated rings. The molecule has 2 aliphatic heterocycles. The fraction of sp³-hybridized carbons (Fsp3) is 0.762. The predicted molar refractivity (Wildman–Crippen MR) is 111 cm³/mol. The van der Waals surface area contributed by atoms with E-state index in [1.54, 1.807) is 12.4 Å². The number of hydrogen-bond donors (Lipinski definition) is 0. The molecule has 28 heavy (non-hydrogen) atoms. The standard InChI is InChI=1S/C21H35N5O2/c1-3-7-21(2)8-17-26(28,19(27)18-21)16-5-4-11-24-12-14-25(15-13-24)20-22-9-6-10-23-20/h6,9-10H,3-5,7-8,11-18H2,1-2H3. The molecule has 0 radical (unpaired) electrons. The minimum atomic E-state index is -0.599. The first-order valence-corrected chi connectivity index (χ1v) is 10.8. The maximum absolute atomic E-state index is 12.9. The fourth-order valence-corrected chi connectivity index (χ4v) is 4.55. The van der Waals surface area contributed by atoms with Crippen LogP contribution < -0.4 is 4.90 Å². The fourth-order valence-electron chi connectivity index (χ4n) is 4.55. The molecule has 3 rings (SSSR count). The molecule has 0 N–H and O–H groups in total. The number of amides is 1. The lowest BCUT2D eigenvalue weighted by Crippen LogP contribution is -2.55. The van der Waals surface area contributed by atoms with Crippen LogP contribution in [0.3, 0.4) is 0 Å². The van der Waals surface area contributed by atoms with Crippen molar-refractivity contribution in [1.82, 2.24) is 14.9 Å². The van der Waals surface area contributed by atoms with Crippen LogP contribution in [0.5, 0.6) is 0 Å². The molecule has 0 aliphatic carbocycles. The van der Waals surface area contributed by atoms with Gasteiger partial charge in [0, 0.05) is 45.0 Å². The van der Waals surface area contributed by atoms with Gasteiger partial charge < -0.3 is 10.1 Å². The van der Waals surface area contributed by atoms with Crippen molar-refractivity contribution >= 4 is 11.9 Å². The van der Waals surface area contributed by atoms with Crippen LogP contribution in [0.2, 0.25) is 0 Å². The monoisotopic (exact) mass is 389 g/mol. The molecule has 2 unspecified atom stereocenters. The summed E-state index contributed by atoms with van der Waals surface area (Å²) in [5.74, 6) is 0.706. The minimum Gasteiger partial charge on any atom is -0.625 e. The largest absolute Gasteiger partial charge is 0.625 e. The summed E-state index contributed by atoms with van der Waals surface area (Å²) in [6.07, 6.45) is 8.80. The molecule has 0 bridgehead atoms. The molecule has 2 atom stereocenters. The number of carbonyl (C=O) groups is 1. The Balaban J connectivity index is 1.35. The number of piperidine rings is 1. The van der Waals surface area contributed by atoms with Crippen molar-refractivity contribution in [2.75, 3.05) is 50.7 Å². The third-order valence-corrected chi connectivity index (χ3v) is 6.41. The third-order valence-electron chi connectivity index (χ3n) is 6.41. The Labute approximate surface area is 168 Å². The van der Waals surface area contributed by atoms with E-state index in [1.165, 1.54) is 0 Å². The first-order valence-electron chi connectivity index (χ1n) is 10.8. The van der Waals surface area contributed by atoms with Crippen LogP contribution in [-0.2, 0) is 4.79 Å². The van der Waals surface area contributed by atoms with E-state index in [2.05, 4.69) is 33.6 Å². The van der Waals surface area contributed by atoms with Crippen LogP contribution in [0, 0.1) is 10.6 Å². The number of rotatable bonds is 8. The zero-order valence-electron chi connectivity index (χ0n) is 17.5. The van der Waals surface area contributed by atoms with Gasteiger partial charge in [-0.15, -0.1) is 0 Å². The summed E-state index contributed by atoms with van der Waals surface area (Å²) in [4.78, 5) is 25.8. The minimum absolute atomic E-state index is 0.0418. The van der Waals surface area contributed by atoms with Gasteiger partial charge in [0.15, 0.2) is 0 Å². The zero-order valence-corrected chi connectivity index (χ0v) is 17.5. The van der Waals surface area contributed by atoms with Crippen molar-refractivity contribution < 1.29 is 9.44 Å². The van der Waals surface area contributed by atoms with Crippen LogP contribution in [-0.4, -0.2) is 71.2 Å². The topological polar surface area (TPSA) is 72.4 Å². The molecule has 7 nitrogen and oxygen atoms in total. The van der Waals surface area contributed by atoms with Crippen LogP contribution >= 0.6 is 0 Å². The highest BCUT2D eigenvalue weighted by molar-refractivity contribution is 5.70. The number of nitrogens with zero attached hydrogens (tertiary/aromatic N) is 5. The van der Waals surface area contributed by atoms with Gasteiger partial charge in [-0.25, -0.2) is 14.8 Å². The second-order valence-electron chi connectivity index (χ2n) is 8.80. The molecular weight excluding hydrogens is 354 g/mol. The van der Waals surface area contributed by atoms with Crippen LogP contribution in [0.15, 0.2) is 18.5 Å². The van der Waals surface area contributed by atoms with Crippen molar-refractivity contribution in [3.8, 4) is 0 Å². The Hall–Kier alpha value is -1.57. The normalized spacial score (nSPS) is 29.2. The molecule has 2 aliphatic rings. The molecule has 0 spiro atoms. The van der Waals surface area contributed by atoms with E-state index in [0.717, 1.165) is 70.8 Å². The summed E-state index contributed by atoms with van der Waals surface area (Å²) in [5, 5.41) is 12.9. The molecule has 1 aromatic rings. The van der Waals surface area contributed by atoms with E-state index < -0.39 is 4.65 Å². The van der Waals surface area contributed by atoms with Gasteiger partial charge in [-0.3, -0.25) is 9.55 Å². The highest BCUT2D eigenvalue weighted by Gasteiger charge is 2.41. The first kappa shape index (κ1) is 21.1. The highest BCUT2D eigenvalue weighted by atomic mass is 16.6. The molecular formula is C21H35N5O2. The van der Waals surface area contributed by atoms with Crippen molar-refractivity contribution in [3.63, 3.8) is 0 Å². The highest BCUT2D eigenvalue weighted by Crippen LogP contribution is 2.38. The number of quaternary nitrogens is 1. The number of piperazine rings is 1. The molecule has 7 heteroatoms. The Kier molecular flexibility index (Phi) is 7.01. The van der Waals surface area contributed by atoms with Crippen molar-refractivity contribution in [2.24, 2.45) is 5.41 Å². The first-order chi connectivity index (χ1) is 13.4. The Morgan fingerprint density at radius 2 is 1.89 bits per heavy atom. The van der Waals surface area contributed by atoms with E-state index in [9.17, 15) is 10.0 Å². The van der Waals surface area contributed by atoms with Crippen molar-refractivity contribution in [3.05, 3.63) is 23.7 Å². The summed E-state index contributed by atoms with van der Waals surface area (Å²) in [6.45, 7) is 10.1. The van der Waals surface area contributed by atoms with Gasteiger partial charge in [-0.05, 0) is 37.3 Å². The predicted octanol–water partition coefficient (Wildman–Crippen LogP) is 2.82. The maximum atomic E-state index is 12.9. The lowest BCUT2D eigenvalue weighted by molar-refractivity contribution is -0.810. The molecule has 1 aromatic heterocycles. The van der Waals surface area contributed by atoms with Gasteiger partial charge in [-0.1, -0.05) is 20.3 Å². The Morgan fingerprint density at radius 1 is 1.18 bits per heavy atom. The van der Waals surface area contributed by atoms with Gasteiger partial charge in [0.05, 0.1) is 19.5 Å². The Bertz CT molecular complexity index is 635. The summed E-state index contributed by atoms with van der Waals surface area (Å²) in [6, 6.07) is 1.84. The summed E-state index contributed by atoms with van der Waals surface area (Å²) >= 11 is 0. The molecule has 1 amide bonds. The second kappa shape index (κ2) is 9.29. The number of hydrogen-bond acceptors (Lipinski definition) is 6. The van der Waals surface area contributed by atoms with E-state index in [-0.39, 0.29) is 11.3 Å². The molecule has 0 saturated carbocycles. The number of likely N-dealkylation sites (tertiary alicyclic amines) is 1. The smallest absolute Gasteiger partial charge is 0.314 e. The molecule has 2 saturated heterocycles. The molecule has 3 heterocycles.